The second kappa shape index (κ2) is 11.4. The van der Waals surface area contributed by atoms with Gasteiger partial charge in [0.15, 0.2) is 0 Å². The van der Waals surface area contributed by atoms with Crippen LogP contribution in [0, 0.1) is 11.8 Å². The quantitative estimate of drug-likeness (QED) is 0.395. The van der Waals surface area contributed by atoms with E-state index in [-0.39, 0.29) is 24.6 Å². The molecule has 1 aliphatic heterocycles. The van der Waals surface area contributed by atoms with Crippen LogP contribution in [0.1, 0.15) is 47.9 Å². The number of nitrogens with zero attached hydrogens (tertiary/aromatic N) is 2. The maximum absolute atomic E-state index is 13.6. The Morgan fingerprint density at radius 3 is 2.57 bits per heavy atom. The molecule has 0 bridgehead atoms. The molecule has 0 aromatic heterocycles. The Morgan fingerprint density at radius 1 is 1.03 bits per heavy atom. The van der Waals surface area contributed by atoms with Crippen molar-refractivity contribution < 1.29 is 18.0 Å². The molecular weight excluding hydrogens is 477 g/mol. The number of halogens is 3. The van der Waals surface area contributed by atoms with E-state index in [0.717, 1.165) is 50.3 Å². The largest absolute Gasteiger partial charge is 0.416 e. The van der Waals surface area contributed by atoms with Crippen LogP contribution in [0.3, 0.4) is 0 Å². The Kier molecular flexibility index (Phi) is 8.05. The summed E-state index contributed by atoms with van der Waals surface area (Å²) in [7, 11) is 0. The average molecular weight is 515 g/mol. The van der Waals surface area contributed by atoms with Crippen LogP contribution >= 0.6 is 0 Å². The fourth-order valence-corrected chi connectivity index (χ4v) is 5.18. The summed E-state index contributed by atoms with van der Waals surface area (Å²) >= 11 is 0. The fraction of sp³-hybridized carbons (Fsp3) is 0.552. The van der Waals surface area contributed by atoms with Crippen molar-refractivity contribution in [1.29, 1.82) is 0 Å². The lowest BCUT2D eigenvalue weighted by molar-refractivity contribution is -0.139. The number of carbonyl (C=O) groups excluding carboxylic acids is 1. The van der Waals surface area contributed by atoms with Gasteiger partial charge in [-0.3, -0.25) is 9.69 Å². The van der Waals surface area contributed by atoms with Gasteiger partial charge in [0.25, 0.3) is 0 Å². The first-order chi connectivity index (χ1) is 17.9. The molecule has 1 amide bonds. The topological polar surface area (TPSA) is 47.6 Å². The summed E-state index contributed by atoms with van der Waals surface area (Å²) in [5, 5.41) is 6.69. The van der Waals surface area contributed by atoms with E-state index in [9.17, 15) is 18.0 Å². The first kappa shape index (κ1) is 26.0. The van der Waals surface area contributed by atoms with Crippen molar-refractivity contribution in [3.05, 3.63) is 64.7 Å². The third-order valence-corrected chi connectivity index (χ3v) is 7.72. The predicted octanol–water partition coefficient (Wildman–Crippen LogP) is 4.91. The SMILES string of the molecule is O=C(CNc1cccc2c1CN(CC1CC1)CC2)N(CCNCC1CC1)Cc1ccccc1C(F)(F)F. The van der Waals surface area contributed by atoms with Crippen molar-refractivity contribution in [1.82, 2.24) is 15.1 Å². The lowest BCUT2D eigenvalue weighted by Gasteiger charge is -2.31. The zero-order valence-corrected chi connectivity index (χ0v) is 21.3. The van der Waals surface area contributed by atoms with Crippen molar-refractivity contribution >= 4 is 11.6 Å². The number of amides is 1. The number of rotatable bonds is 12. The van der Waals surface area contributed by atoms with Crippen molar-refractivity contribution in [2.75, 3.05) is 44.6 Å². The third-order valence-electron chi connectivity index (χ3n) is 7.72. The molecule has 2 fully saturated rings. The average Bonchev–Trinajstić information content (AvgIpc) is 3.81. The summed E-state index contributed by atoms with van der Waals surface area (Å²) in [5.74, 6) is 1.32. The van der Waals surface area contributed by atoms with E-state index in [0.29, 0.717) is 19.0 Å². The fourth-order valence-electron chi connectivity index (χ4n) is 5.18. The molecular formula is C29H37F3N4O. The number of hydrogen-bond donors (Lipinski definition) is 2. The number of anilines is 1. The van der Waals surface area contributed by atoms with Gasteiger partial charge in [0.2, 0.25) is 5.91 Å². The first-order valence-corrected chi connectivity index (χ1v) is 13.6. The highest BCUT2D eigenvalue weighted by Crippen LogP contribution is 2.34. The van der Waals surface area contributed by atoms with E-state index >= 15 is 0 Å². The molecule has 0 atom stereocenters. The van der Waals surface area contributed by atoms with Gasteiger partial charge in [0, 0.05) is 45.0 Å². The zero-order chi connectivity index (χ0) is 25.8. The van der Waals surface area contributed by atoms with E-state index < -0.39 is 11.7 Å². The molecule has 0 unspecified atom stereocenters. The standard InChI is InChI=1S/C29H37F3N4O/c30-29(31,32)26-6-2-1-4-24(26)19-36(15-13-33-16-21-8-9-21)28(37)17-34-27-7-3-5-23-12-14-35(20-25(23)27)18-22-10-11-22/h1-7,21-22,33-34H,8-20H2. The van der Waals surface area contributed by atoms with Crippen molar-refractivity contribution in [2.45, 2.75) is 51.4 Å². The number of carbonyl (C=O) groups is 1. The minimum absolute atomic E-state index is 0.0515. The van der Waals surface area contributed by atoms with E-state index in [4.69, 9.17) is 0 Å². The molecule has 0 saturated heterocycles. The minimum Gasteiger partial charge on any atom is -0.376 e. The van der Waals surface area contributed by atoms with Gasteiger partial charge in [-0.25, -0.2) is 0 Å². The molecule has 200 valence electrons. The summed E-state index contributed by atoms with van der Waals surface area (Å²) in [6, 6.07) is 11.7. The summed E-state index contributed by atoms with van der Waals surface area (Å²) in [6.45, 7) is 4.87. The third kappa shape index (κ3) is 7.26. The highest BCUT2D eigenvalue weighted by molar-refractivity contribution is 5.81. The Balaban J connectivity index is 1.25. The Labute approximate surface area is 217 Å². The lowest BCUT2D eigenvalue weighted by atomic mass is 9.97. The smallest absolute Gasteiger partial charge is 0.376 e. The van der Waals surface area contributed by atoms with Crippen LogP contribution in [0.4, 0.5) is 18.9 Å². The molecule has 2 N–H and O–H groups in total. The minimum atomic E-state index is -4.46. The van der Waals surface area contributed by atoms with Gasteiger partial charge in [0.05, 0.1) is 12.1 Å². The maximum atomic E-state index is 13.6. The Bertz CT molecular complexity index is 1080. The summed E-state index contributed by atoms with van der Waals surface area (Å²) in [4.78, 5) is 17.4. The second-order valence-corrected chi connectivity index (χ2v) is 10.8. The number of nitrogens with one attached hydrogen (secondary N) is 2. The summed E-state index contributed by atoms with van der Waals surface area (Å²) in [6.07, 6.45) is 1.62. The van der Waals surface area contributed by atoms with Gasteiger partial charge in [-0.2, -0.15) is 13.2 Å². The normalized spacial score (nSPS) is 17.9. The van der Waals surface area contributed by atoms with Gasteiger partial charge in [-0.1, -0.05) is 30.3 Å². The monoisotopic (exact) mass is 514 g/mol. The Morgan fingerprint density at radius 2 is 1.81 bits per heavy atom. The molecule has 2 aromatic rings. The van der Waals surface area contributed by atoms with Gasteiger partial charge in [0.1, 0.15) is 0 Å². The van der Waals surface area contributed by atoms with Gasteiger partial charge in [-0.05, 0) is 79.3 Å². The van der Waals surface area contributed by atoms with Crippen LogP contribution in [0.5, 0.6) is 0 Å². The van der Waals surface area contributed by atoms with Crippen LogP contribution in [0.2, 0.25) is 0 Å². The Hall–Kier alpha value is -2.58. The number of benzene rings is 2. The van der Waals surface area contributed by atoms with Gasteiger partial charge < -0.3 is 15.5 Å². The maximum Gasteiger partial charge on any atom is 0.416 e. The van der Waals surface area contributed by atoms with Crippen LogP contribution in [0.25, 0.3) is 0 Å². The van der Waals surface area contributed by atoms with Crippen molar-refractivity contribution in [3.63, 3.8) is 0 Å². The van der Waals surface area contributed by atoms with Gasteiger partial charge in [-0.15, -0.1) is 0 Å². The number of hydrogen-bond acceptors (Lipinski definition) is 4. The zero-order valence-electron chi connectivity index (χ0n) is 21.3. The van der Waals surface area contributed by atoms with Crippen LogP contribution in [-0.4, -0.2) is 55.0 Å². The number of fused-ring (bicyclic) bond motifs is 1. The van der Waals surface area contributed by atoms with E-state index in [1.807, 2.05) is 12.1 Å². The molecule has 0 radical (unpaired) electrons. The van der Waals surface area contributed by atoms with Crippen molar-refractivity contribution in [2.24, 2.45) is 11.8 Å². The second-order valence-electron chi connectivity index (χ2n) is 10.8. The summed E-state index contributed by atoms with van der Waals surface area (Å²) < 4.78 is 40.8. The molecule has 3 aliphatic rings. The van der Waals surface area contributed by atoms with E-state index in [2.05, 4.69) is 21.6 Å². The predicted molar refractivity (Wildman–Crippen MR) is 139 cm³/mol. The highest BCUT2D eigenvalue weighted by atomic mass is 19.4. The molecule has 2 aliphatic carbocycles. The molecule has 0 spiro atoms. The van der Waals surface area contributed by atoms with Crippen LogP contribution in [-0.2, 0) is 30.5 Å². The molecule has 37 heavy (non-hydrogen) atoms. The number of alkyl halides is 3. The molecule has 2 aromatic carbocycles. The van der Waals surface area contributed by atoms with E-state index in [1.54, 1.807) is 11.0 Å². The van der Waals surface area contributed by atoms with Crippen molar-refractivity contribution in [3.8, 4) is 0 Å². The highest BCUT2D eigenvalue weighted by Gasteiger charge is 2.34. The first-order valence-electron chi connectivity index (χ1n) is 13.6. The van der Waals surface area contributed by atoms with E-state index in [1.165, 1.54) is 48.9 Å². The lowest BCUT2D eigenvalue weighted by Crippen LogP contribution is -2.40. The molecule has 8 heteroatoms. The van der Waals surface area contributed by atoms with Gasteiger partial charge >= 0.3 is 6.18 Å². The summed E-state index contributed by atoms with van der Waals surface area (Å²) in [5.41, 5.74) is 2.94. The molecule has 2 saturated carbocycles. The molecule has 5 nitrogen and oxygen atoms in total. The van der Waals surface area contributed by atoms with Crippen LogP contribution in [0.15, 0.2) is 42.5 Å². The van der Waals surface area contributed by atoms with Crippen LogP contribution < -0.4 is 10.6 Å². The molecule has 5 rings (SSSR count). The molecule has 1 heterocycles.